The number of nitrogens with two attached hydrogens (primary N) is 2. The highest BCUT2D eigenvalue weighted by Gasteiger charge is 2.25. The lowest BCUT2D eigenvalue weighted by molar-refractivity contribution is 0.00682. The number of anilines is 1. The summed E-state index contributed by atoms with van der Waals surface area (Å²) in [7, 11) is 0. The van der Waals surface area contributed by atoms with Crippen LogP contribution >= 0.6 is 0 Å². The Morgan fingerprint density at radius 1 is 1.07 bits per heavy atom. The molecule has 1 aromatic carbocycles. The minimum Gasteiger partial charge on any atom is -0.383 e. The predicted molar refractivity (Wildman–Crippen MR) is 115 cm³/mol. The van der Waals surface area contributed by atoms with E-state index in [1.165, 1.54) is 11.1 Å². The van der Waals surface area contributed by atoms with Crippen LogP contribution in [0.25, 0.3) is 28.2 Å². The smallest absolute Gasteiger partial charge is 0.165 e. The Hall–Kier alpha value is -3.29. The number of aryl methyl sites for hydroxylation is 1. The number of rotatable bonds is 3. The summed E-state index contributed by atoms with van der Waals surface area (Å²) in [6.45, 7) is 1.43. The lowest BCUT2D eigenvalue weighted by Crippen LogP contribution is -2.26. The molecule has 0 radical (unpaired) electrons. The van der Waals surface area contributed by atoms with Crippen molar-refractivity contribution in [3.05, 3.63) is 65.5 Å². The maximum atomic E-state index is 6.25. The fourth-order valence-electron chi connectivity index (χ4n) is 4.41. The minimum atomic E-state index is 0.116. The number of aromatic nitrogens is 4. The lowest BCUT2D eigenvalue weighted by Gasteiger charge is -2.25. The van der Waals surface area contributed by atoms with E-state index in [0.29, 0.717) is 24.9 Å². The zero-order chi connectivity index (χ0) is 20.2. The van der Waals surface area contributed by atoms with Gasteiger partial charge in [-0.3, -0.25) is 4.57 Å². The van der Waals surface area contributed by atoms with Crippen LogP contribution < -0.4 is 11.5 Å². The second kappa shape index (κ2) is 6.62. The summed E-state index contributed by atoms with van der Waals surface area (Å²) in [5.74, 6) is 1.53. The lowest BCUT2D eigenvalue weighted by atomic mass is 10.0. The summed E-state index contributed by atoms with van der Waals surface area (Å²) in [6.07, 6.45) is 3.66. The molecule has 1 aliphatic heterocycles. The fourth-order valence-corrected chi connectivity index (χ4v) is 4.41. The molecule has 0 unspecified atom stereocenters. The summed E-state index contributed by atoms with van der Waals surface area (Å²) in [5, 5.41) is 0. The third-order valence-corrected chi connectivity index (χ3v) is 6.17. The second-order valence-electron chi connectivity index (χ2n) is 8.05. The van der Waals surface area contributed by atoms with Crippen LogP contribution in [0.2, 0.25) is 0 Å². The minimum absolute atomic E-state index is 0.116. The molecule has 2 aliphatic rings. The number of pyridine rings is 2. The Bertz CT molecular complexity index is 1280. The second-order valence-corrected chi connectivity index (χ2v) is 8.05. The van der Waals surface area contributed by atoms with E-state index in [-0.39, 0.29) is 6.04 Å². The molecule has 0 saturated carbocycles. The SMILES string of the molecule is Nc1ncccc1-c1nc2ccc(C3COC3)nc2n1-c1ccc2c(c1)CC[C@@H]2N. The Balaban J connectivity index is 1.61. The molecular weight excluding hydrogens is 376 g/mol. The van der Waals surface area contributed by atoms with Gasteiger partial charge in [0.05, 0.1) is 24.5 Å². The molecule has 7 nitrogen and oxygen atoms in total. The summed E-state index contributed by atoms with van der Waals surface area (Å²) in [4.78, 5) is 14.2. The van der Waals surface area contributed by atoms with Crippen LogP contribution in [0.3, 0.4) is 0 Å². The third kappa shape index (κ3) is 2.63. The highest BCUT2D eigenvalue weighted by molar-refractivity contribution is 5.83. The average molecular weight is 398 g/mol. The van der Waals surface area contributed by atoms with Gasteiger partial charge < -0.3 is 16.2 Å². The fraction of sp³-hybridized carbons (Fsp3) is 0.261. The number of fused-ring (bicyclic) bond motifs is 2. The number of nitrogen functional groups attached to an aromatic ring is 1. The van der Waals surface area contributed by atoms with Crippen molar-refractivity contribution in [3.63, 3.8) is 0 Å². The summed E-state index contributed by atoms with van der Waals surface area (Å²) < 4.78 is 7.46. The molecule has 0 bridgehead atoms. The molecule has 4 aromatic rings. The molecule has 1 saturated heterocycles. The zero-order valence-corrected chi connectivity index (χ0v) is 16.5. The van der Waals surface area contributed by atoms with Gasteiger partial charge in [0.2, 0.25) is 0 Å². The quantitative estimate of drug-likeness (QED) is 0.549. The summed E-state index contributed by atoms with van der Waals surface area (Å²) >= 11 is 0. The molecule has 3 aromatic heterocycles. The molecule has 4 N–H and O–H groups in total. The van der Waals surface area contributed by atoms with Gasteiger partial charge in [-0.25, -0.2) is 15.0 Å². The Labute approximate surface area is 173 Å². The van der Waals surface area contributed by atoms with Crippen LogP contribution in [0.4, 0.5) is 5.82 Å². The van der Waals surface area contributed by atoms with Crippen LogP contribution in [0.5, 0.6) is 0 Å². The first-order valence-electron chi connectivity index (χ1n) is 10.3. The highest BCUT2D eigenvalue weighted by atomic mass is 16.5. The predicted octanol–water partition coefficient (Wildman–Crippen LogP) is 3.12. The zero-order valence-electron chi connectivity index (χ0n) is 16.5. The van der Waals surface area contributed by atoms with Crippen molar-refractivity contribution in [1.29, 1.82) is 0 Å². The molecule has 0 spiro atoms. The van der Waals surface area contributed by atoms with E-state index in [0.717, 1.165) is 46.8 Å². The van der Waals surface area contributed by atoms with Gasteiger partial charge in [0.25, 0.3) is 0 Å². The van der Waals surface area contributed by atoms with Crippen molar-refractivity contribution in [3.8, 4) is 17.1 Å². The monoisotopic (exact) mass is 398 g/mol. The van der Waals surface area contributed by atoms with Crippen LogP contribution in [-0.4, -0.2) is 32.7 Å². The Morgan fingerprint density at radius 2 is 1.97 bits per heavy atom. The number of hydrogen-bond acceptors (Lipinski definition) is 6. The van der Waals surface area contributed by atoms with Crippen molar-refractivity contribution in [2.45, 2.75) is 24.8 Å². The van der Waals surface area contributed by atoms with Gasteiger partial charge in [-0.2, -0.15) is 0 Å². The van der Waals surface area contributed by atoms with Crippen molar-refractivity contribution in [1.82, 2.24) is 19.5 Å². The van der Waals surface area contributed by atoms with Crippen LogP contribution in [-0.2, 0) is 11.2 Å². The standard InChI is InChI=1S/C23H22N6O/c24-18-6-3-13-10-15(4-5-16(13)18)29-22(17-2-1-9-26-21(17)25)28-20-8-7-19(27-23(20)29)14-11-30-12-14/h1-2,4-5,7-10,14,18H,3,6,11-12,24H2,(H2,25,26)/t18-/m0/s1. The van der Waals surface area contributed by atoms with Gasteiger partial charge in [0.1, 0.15) is 11.3 Å². The van der Waals surface area contributed by atoms with E-state index in [9.17, 15) is 0 Å². The number of imidazole rings is 1. The normalized spacial score (nSPS) is 18.5. The largest absolute Gasteiger partial charge is 0.383 e. The van der Waals surface area contributed by atoms with E-state index in [4.69, 9.17) is 26.2 Å². The van der Waals surface area contributed by atoms with Gasteiger partial charge in [0, 0.05) is 23.8 Å². The van der Waals surface area contributed by atoms with Gasteiger partial charge in [-0.15, -0.1) is 0 Å². The molecule has 1 atom stereocenters. The van der Waals surface area contributed by atoms with Gasteiger partial charge in [-0.05, 0) is 60.4 Å². The van der Waals surface area contributed by atoms with Crippen LogP contribution in [0, 0.1) is 0 Å². The summed E-state index contributed by atoms with van der Waals surface area (Å²) in [6, 6.07) is 14.5. The van der Waals surface area contributed by atoms with Crippen LogP contribution in [0.15, 0.2) is 48.7 Å². The van der Waals surface area contributed by atoms with E-state index in [1.54, 1.807) is 6.20 Å². The Morgan fingerprint density at radius 3 is 2.77 bits per heavy atom. The maximum Gasteiger partial charge on any atom is 0.165 e. The number of benzene rings is 1. The van der Waals surface area contributed by atoms with Gasteiger partial charge >= 0.3 is 0 Å². The maximum absolute atomic E-state index is 6.25. The van der Waals surface area contributed by atoms with Gasteiger partial charge in [-0.1, -0.05) is 6.07 Å². The number of nitrogens with zero attached hydrogens (tertiary/aromatic N) is 4. The van der Waals surface area contributed by atoms with Crippen molar-refractivity contribution in [2.75, 3.05) is 18.9 Å². The molecule has 6 rings (SSSR count). The molecule has 7 heteroatoms. The Kier molecular flexibility index (Phi) is 3.87. The number of hydrogen-bond donors (Lipinski definition) is 2. The molecule has 0 amide bonds. The topological polar surface area (TPSA) is 105 Å². The van der Waals surface area contributed by atoms with Gasteiger partial charge in [0.15, 0.2) is 11.5 Å². The van der Waals surface area contributed by atoms with E-state index >= 15 is 0 Å². The first kappa shape index (κ1) is 17.6. The van der Waals surface area contributed by atoms with Crippen LogP contribution in [0.1, 0.15) is 35.2 Å². The van der Waals surface area contributed by atoms with E-state index < -0.39 is 0 Å². The molecule has 1 aliphatic carbocycles. The van der Waals surface area contributed by atoms with E-state index in [1.807, 2.05) is 24.3 Å². The molecular formula is C23H22N6O. The molecule has 30 heavy (non-hydrogen) atoms. The first-order chi connectivity index (χ1) is 14.7. The summed E-state index contributed by atoms with van der Waals surface area (Å²) in [5.41, 5.74) is 19.5. The molecule has 4 heterocycles. The number of ether oxygens (including phenoxy) is 1. The average Bonchev–Trinajstić information content (AvgIpc) is 3.27. The van der Waals surface area contributed by atoms with Crippen molar-refractivity contribution >= 4 is 17.0 Å². The third-order valence-electron chi connectivity index (χ3n) is 6.17. The highest BCUT2D eigenvalue weighted by Crippen LogP contribution is 2.35. The van der Waals surface area contributed by atoms with Crippen molar-refractivity contribution in [2.24, 2.45) is 5.73 Å². The first-order valence-corrected chi connectivity index (χ1v) is 10.3. The van der Waals surface area contributed by atoms with E-state index in [2.05, 4.69) is 27.8 Å². The molecule has 1 fully saturated rings. The molecule has 150 valence electrons. The van der Waals surface area contributed by atoms with Crippen molar-refractivity contribution < 1.29 is 4.74 Å².